The summed E-state index contributed by atoms with van der Waals surface area (Å²) in [5.41, 5.74) is 0.616. The Kier molecular flexibility index (Phi) is 2.80. The van der Waals surface area contributed by atoms with Gasteiger partial charge in [-0.1, -0.05) is 0 Å². The lowest BCUT2D eigenvalue weighted by Crippen LogP contribution is -2.10. The van der Waals surface area contributed by atoms with Gasteiger partial charge in [-0.15, -0.1) is 0 Å². The van der Waals surface area contributed by atoms with Crippen LogP contribution in [0, 0.1) is 0 Å². The highest BCUT2D eigenvalue weighted by Gasteiger charge is 2.18. The Morgan fingerprint density at radius 1 is 1.17 bits per heavy atom. The van der Waals surface area contributed by atoms with Gasteiger partial charge in [-0.05, 0) is 18.2 Å². The second-order valence-electron chi connectivity index (χ2n) is 4.00. The maximum absolute atomic E-state index is 12.0. The van der Waals surface area contributed by atoms with E-state index in [4.69, 9.17) is 18.9 Å². The molecule has 0 N–H and O–H groups in total. The molecular weight excluding hydrogens is 236 g/mol. The number of ketones is 1. The van der Waals surface area contributed by atoms with Crippen LogP contribution in [-0.2, 0) is 9.47 Å². The molecule has 2 aliphatic heterocycles. The molecule has 0 unspecified atom stereocenters. The molecule has 2 heterocycles. The Bertz CT molecular complexity index is 486. The van der Waals surface area contributed by atoms with Crippen molar-refractivity contribution in [2.75, 3.05) is 6.79 Å². The van der Waals surface area contributed by atoms with Crippen molar-refractivity contribution in [1.82, 2.24) is 0 Å². The molecule has 0 bridgehead atoms. The highest BCUT2D eigenvalue weighted by molar-refractivity contribution is 5.96. The van der Waals surface area contributed by atoms with E-state index >= 15 is 0 Å². The van der Waals surface area contributed by atoms with Gasteiger partial charge < -0.3 is 18.9 Å². The molecule has 1 aromatic carbocycles. The summed E-state index contributed by atoms with van der Waals surface area (Å²) in [5, 5.41) is 0. The number of hydrogen-bond acceptors (Lipinski definition) is 5. The Hall–Kier alpha value is -2.17. The highest BCUT2D eigenvalue weighted by atomic mass is 16.7. The number of carbonyl (C=O) groups is 1. The molecule has 1 aromatic rings. The monoisotopic (exact) mass is 248 g/mol. The van der Waals surface area contributed by atoms with Crippen LogP contribution in [0.3, 0.4) is 0 Å². The Labute approximate surface area is 104 Å². The van der Waals surface area contributed by atoms with E-state index in [2.05, 4.69) is 0 Å². The third-order valence-electron chi connectivity index (χ3n) is 2.82. The van der Waals surface area contributed by atoms with E-state index in [1.807, 2.05) is 0 Å². The minimum absolute atomic E-state index is 0.0346. The summed E-state index contributed by atoms with van der Waals surface area (Å²) in [6.45, 7) is 0.211. The van der Waals surface area contributed by atoms with Crippen molar-refractivity contribution in [3.8, 4) is 11.5 Å². The minimum atomic E-state index is -0.344. The van der Waals surface area contributed by atoms with Crippen LogP contribution in [0.1, 0.15) is 23.2 Å². The average Bonchev–Trinajstić information content (AvgIpc) is 3.05. The van der Waals surface area contributed by atoms with Gasteiger partial charge in [-0.2, -0.15) is 0 Å². The van der Waals surface area contributed by atoms with Crippen LogP contribution in [-0.4, -0.2) is 18.9 Å². The molecule has 5 heteroatoms. The summed E-state index contributed by atoms with van der Waals surface area (Å²) < 4.78 is 20.7. The summed E-state index contributed by atoms with van der Waals surface area (Å²) in [5.74, 6) is 1.33. The number of ether oxygens (including phenoxy) is 4. The predicted molar refractivity (Wildman–Crippen MR) is 61.2 cm³/mol. The lowest BCUT2D eigenvalue weighted by atomic mass is 10.1. The quantitative estimate of drug-likeness (QED) is 0.765. The van der Waals surface area contributed by atoms with Crippen molar-refractivity contribution in [2.45, 2.75) is 19.1 Å². The molecule has 0 spiro atoms. The molecule has 0 fully saturated rings. The highest BCUT2D eigenvalue weighted by Crippen LogP contribution is 2.32. The molecule has 0 aromatic heterocycles. The lowest BCUT2D eigenvalue weighted by molar-refractivity contribution is -0.0280. The van der Waals surface area contributed by atoms with E-state index in [0.717, 1.165) is 0 Å². The summed E-state index contributed by atoms with van der Waals surface area (Å²) in [7, 11) is 0. The Morgan fingerprint density at radius 3 is 2.78 bits per heavy atom. The van der Waals surface area contributed by atoms with Gasteiger partial charge in [0.2, 0.25) is 13.1 Å². The molecule has 18 heavy (non-hydrogen) atoms. The molecule has 2 aliphatic rings. The van der Waals surface area contributed by atoms with Gasteiger partial charge in [-0.25, -0.2) is 0 Å². The van der Waals surface area contributed by atoms with Crippen molar-refractivity contribution in [3.05, 3.63) is 36.3 Å². The Balaban J connectivity index is 1.61. The third kappa shape index (κ3) is 2.11. The predicted octanol–water partition coefficient (Wildman–Crippen LogP) is 2.22. The van der Waals surface area contributed by atoms with Crippen LogP contribution in [0.25, 0.3) is 0 Å². The average molecular weight is 248 g/mol. The van der Waals surface area contributed by atoms with Crippen LogP contribution in [0.5, 0.6) is 11.5 Å². The van der Waals surface area contributed by atoms with Gasteiger partial charge in [0.15, 0.2) is 17.3 Å². The largest absolute Gasteiger partial charge is 0.459 e. The van der Waals surface area contributed by atoms with E-state index in [9.17, 15) is 4.79 Å². The zero-order valence-corrected chi connectivity index (χ0v) is 9.63. The zero-order valence-electron chi connectivity index (χ0n) is 9.63. The van der Waals surface area contributed by atoms with Crippen molar-refractivity contribution in [3.63, 3.8) is 0 Å². The minimum Gasteiger partial charge on any atom is -0.459 e. The summed E-state index contributed by atoms with van der Waals surface area (Å²) >= 11 is 0. The van der Waals surface area contributed by atoms with E-state index in [1.165, 1.54) is 12.5 Å². The van der Waals surface area contributed by atoms with Gasteiger partial charge in [0.05, 0.1) is 0 Å². The van der Waals surface area contributed by atoms with Crippen LogP contribution < -0.4 is 9.47 Å². The van der Waals surface area contributed by atoms with Crippen molar-refractivity contribution >= 4 is 5.78 Å². The number of fused-ring (bicyclic) bond motifs is 1. The fourth-order valence-electron chi connectivity index (χ4n) is 1.87. The lowest BCUT2D eigenvalue weighted by Gasteiger charge is -2.09. The van der Waals surface area contributed by atoms with Crippen molar-refractivity contribution in [1.29, 1.82) is 0 Å². The molecule has 0 atom stereocenters. The smallest absolute Gasteiger partial charge is 0.240 e. The van der Waals surface area contributed by atoms with Crippen molar-refractivity contribution < 1.29 is 23.7 Å². The van der Waals surface area contributed by atoms with E-state index in [-0.39, 0.29) is 18.9 Å². The molecule has 0 amide bonds. The number of rotatable bonds is 4. The third-order valence-corrected chi connectivity index (χ3v) is 2.82. The van der Waals surface area contributed by atoms with Gasteiger partial charge in [0.25, 0.3) is 0 Å². The van der Waals surface area contributed by atoms with Gasteiger partial charge in [0.1, 0.15) is 12.5 Å². The summed E-state index contributed by atoms with van der Waals surface area (Å²) in [4.78, 5) is 12.0. The number of hydrogen-bond donors (Lipinski definition) is 0. The maximum atomic E-state index is 12.0. The van der Waals surface area contributed by atoms with E-state index in [1.54, 1.807) is 18.2 Å². The maximum Gasteiger partial charge on any atom is 0.240 e. The van der Waals surface area contributed by atoms with Crippen molar-refractivity contribution in [2.24, 2.45) is 0 Å². The Morgan fingerprint density at radius 2 is 1.94 bits per heavy atom. The normalized spacial score (nSPS) is 16.4. The zero-order chi connectivity index (χ0) is 12.4. The van der Waals surface area contributed by atoms with E-state index < -0.39 is 0 Å². The SMILES string of the molecule is O=C(CCC1OC=CO1)c1ccc2c(c1)OCO2. The van der Waals surface area contributed by atoms with Crippen LogP contribution >= 0.6 is 0 Å². The molecule has 0 radical (unpaired) electrons. The second kappa shape index (κ2) is 4.60. The standard InChI is InChI=1S/C13H12O5/c14-10(2-4-13-15-5-6-16-13)9-1-3-11-12(7-9)18-8-17-11/h1,3,5-7,13H,2,4,8H2. The number of Topliss-reactive ketones (excluding diaryl/α,β-unsaturated/α-hetero) is 1. The fourth-order valence-corrected chi connectivity index (χ4v) is 1.87. The second-order valence-corrected chi connectivity index (χ2v) is 4.00. The van der Waals surface area contributed by atoms with Crippen LogP contribution in [0.15, 0.2) is 30.7 Å². The molecule has 94 valence electrons. The van der Waals surface area contributed by atoms with Crippen LogP contribution in [0.4, 0.5) is 0 Å². The van der Waals surface area contributed by atoms with Crippen LogP contribution in [0.2, 0.25) is 0 Å². The fraction of sp³-hybridized carbons (Fsp3) is 0.308. The number of carbonyl (C=O) groups excluding carboxylic acids is 1. The molecule has 0 saturated carbocycles. The molecule has 3 rings (SSSR count). The summed E-state index contributed by atoms with van der Waals surface area (Å²) in [6.07, 6.45) is 3.51. The first-order valence-electron chi connectivity index (χ1n) is 5.72. The first-order valence-corrected chi connectivity index (χ1v) is 5.72. The first-order chi connectivity index (χ1) is 8.83. The molecule has 5 nitrogen and oxygen atoms in total. The molecule has 0 aliphatic carbocycles. The van der Waals surface area contributed by atoms with E-state index in [0.29, 0.717) is 29.9 Å². The first kappa shape index (κ1) is 11.0. The van der Waals surface area contributed by atoms with Gasteiger partial charge in [-0.3, -0.25) is 4.79 Å². The number of benzene rings is 1. The molecule has 0 saturated heterocycles. The van der Waals surface area contributed by atoms with Gasteiger partial charge in [0, 0.05) is 18.4 Å². The van der Waals surface area contributed by atoms with Gasteiger partial charge >= 0.3 is 0 Å². The topological polar surface area (TPSA) is 54.0 Å². The summed E-state index contributed by atoms with van der Waals surface area (Å²) in [6, 6.07) is 5.20. The molecular formula is C13H12O5.